The number of ether oxygens (including phenoxy) is 1. The monoisotopic (exact) mass is 639 g/mol. The van der Waals surface area contributed by atoms with Crippen molar-refractivity contribution in [2.75, 3.05) is 23.1 Å². The van der Waals surface area contributed by atoms with Crippen LogP contribution in [0.2, 0.25) is 0 Å². The smallest absolute Gasteiger partial charge is 0.410 e. The fraction of sp³-hybridized carbons (Fsp3) is 0.231. The minimum atomic E-state index is -0.549. The number of fused-ring (bicyclic) bond motifs is 3. The van der Waals surface area contributed by atoms with Gasteiger partial charge < -0.3 is 14.1 Å². The number of hydrogen-bond donors (Lipinski definition) is 0. The predicted octanol–water partition coefficient (Wildman–Crippen LogP) is 8.89. The van der Waals surface area contributed by atoms with Crippen LogP contribution in [0.3, 0.4) is 0 Å². The summed E-state index contributed by atoms with van der Waals surface area (Å²) in [6.45, 7) is 6.88. The highest BCUT2D eigenvalue weighted by Gasteiger charge is 2.31. The van der Waals surface area contributed by atoms with Gasteiger partial charge in [0.1, 0.15) is 23.2 Å². The van der Waals surface area contributed by atoms with E-state index in [4.69, 9.17) is 9.15 Å². The van der Waals surface area contributed by atoms with E-state index >= 15 is 0 Å². The Hall–Kier alpha value is -5.70. The van der Waals surface area contributed by atoms with Crippen LogP contribution in [-0.2, 0) is 4.74 Å². The van der Waals surface area contributed by atoms with Gasteiger partial charge in [0, 0.05) is 47.6 Å². The first-order chi connectivity index (χ1) is 23.3. The molecule has 0 bridgehead atoms. The van der Waals surface area contributed by atoms with E-state index in [1.165, 1.54) is 6.33 Å². The Kier molecular flexibility index (Phi) is 8.27. The zero-order chi connectivity index (χ0) is 33.3. The van der Waals surface area contributed by atoms with Crippen molar-refractivity contribution in [1.29, 1.82) is 0 Å². The van der Waals surface area contributed by atoms with Crippen molar-refractivity contribution in [3.05, 3.63) is 127 Å². The molecule has 7 rings (SSSR count). The average molecular weight is 640 g/mol. The van der Waals surface area contributed by atoms with Gasteiger partial charge in [-0.25, -0.2) is 24.8 Å². The molecular formula is C39H37N5O4. The summed E-state index contributed by atoms with van der Waals surface area (Å²) in [5, 5.41) is 5.33. The maximum atomic E-state index is 14.7. The molecule has 48 heavy (non-hydrogen) atoms. The summed E-state index contributed by atoms with van der Waals surface area (Å²) in [7, 11) is 0. The lowest BCUT2D eigenvalue weighted by Crippen LogP contribution is -2.45. The Labute approximate surface area is 279 Å². The lowest BCUT2D eigenvalue weighted by atomic mass is 9.90. The molecule has 242 valence electrons. The molecule has 0 aliphatic carbocycles. The van der Waals surface area contributed by atoms with Crippen LogP contribution in [0.25, 0.3) is 21.9 Å². The van der Waals surface area contributed by atoms with Crippen LogP contribution in [0.4, 0.5) is 22.0 Å². The highest BCUT2D eigenvalue weighted by molar-refractivity contribution is 6.13. The second-order valence-corrected chi connectivity index (χ2v) is 13.0. The van der Waals surface area contributed by atoms with Gasteiger partial charge in [-0.15, -0.1) is 0 Å². The number of likely N-dealkylation sites (tertiary alicyclic amines) is 1. The summed E-state index contributed by atoms with van der Waals surface area (Å²) >= 11 is 0. The first-order valence-corrected chi connectivity index (χ1v) is 16.2. The summed E-state index contributed by atoms with van der Waals surface area (Å²) in [4.78, 5) is 38.1. The summed E-state index contributed by atoms with van der Waals surface area (Å²) in [5.41, 5.74) is 3.71. The molecule has 0 spiro atoms. The van der Waals surface area contributed by atoms with E-state index in [9.17, 15) is 9.59 Å². The number of anilines is 3. The zero-order valence-electron chi connectivity index (χ0n) is 27.2. The molecule has 3 heterocycles. The number of amides is 2. The first-order valence-electron chi connectivity index (χ1n) is 16.2. The van der Waals surface area contributed by atoms with Gasteiger partial charge in [0.2, 0.25) is 0 Å². The molecule has 2 amide bonds. The van der Waals surface area contributed by atoms with Crippen molar-refractivity contribution in [2.45, 2.75) is 45.1 Å². The molecule has 0 saturated carbocycles. The van der Waals surface area contributed by atoms with E-state index in [1.54, 1.807) is 27.2 Å². The van der Waals surface area contributed by atoms with Crippen LogP contribution in [0, 0.1) is 0 Å². The van der Waals surface area contributed by atoms with Crippen LogP contribution in [0.1, 0.15) is 55.5 Å². The van der Waals surface area contributed by atoms with Crippen molar-refractivity contribution in [2.24, 2.45) is 0 Å². The third-order valence-electron chi connectivity index (χ3n) is 8.49. The first kappa shape index (κ1) is 30.9. The van der Waals surface area contributed by atoms with Gasteiger partial charge in [0.05, 0.1) is 5.69 Å². The number of rotatable bonds is 6. The van der Waals surface area contributed by atoms with Crippen LogP contribution in [-0.4, -0.2) is 45.6 Å². The van der Waals surface area contributed by atoms with Gasteiger partial charge in [0.15, 0.2) is 11.4 Å². The molecular weight excluding hydrogens is 602 g/mol. The number of nitrogens with zero attached hydrogens (tertiary/aromatic N) is 5. The van der Waals surface area contributed by atoms with Crippen molar-refractivity contribution in [3.8, 4) is 0 Å². The minimum absolute atomic E-state index is 0.142. The highest BCUT2D eigenvalue weighted by Crippen LogP contribution is 2.40. The summed E-state index contributed by atoms with van der Waals surface area (Å²) in [5.74, 6) is 0.388. The van der Waals surface area contributed by atoms with Crippen molar-refractivity contribution in [3.63, 3.8) is 0 Å². The van der Waals surface area contributed by atoms with E-state index in [0.29, 0.717) is 41.4 Å². The average Bonchev–Trinajstić information content (AvgIpc) is 3.50. The summed E-state index contributed by atoms with van der Waals surface area (Å²) < 4.78 is 12.1. The number of piperidine rings is 1. The lowest BCUT2D eigenvalue weighted by molar-refractivity contribution is 0.0198. The van der Waals surface area contributed by atoms with Gasteiger partial charge in [-0.2, -0.15) is 0 Å². The molecule has 1 saturated heterocycles. The molecule has 1 aliphatic heterocycles. The Morgan fingerprint density at radius 2 is 1.62 bits per heavy atom. The Balaban J connectivity index is 1.27. The van der Waals surface area contributed by atoms with Gasteiger partial charge in [-0.3, -0.25) is 4.79 Å². The highest BCUT2D eigenvalue weighted by atomic mass is 16.6. The number of furan rings is 1. The number of aromatic nitrogens is 2. The fourth-order valence-electron chi connectivity index (χ4n) is 6.30. The number of hydrazine groups is 1. The number of carbonyl (C=O) groups is 2. The SMILES string of the molecule is CC(C)(C)OC(=O)N1CCCC(c2ccc(C(=O)N(c3ccccc3)N(c3ccncn3)c3cccc4c3oc3ccccc34)cc2)C1. The van der Waals surface area contributed by atoms with Crippen LogP contribution < -0.4 is 10.0 Å². The predicted molar refractivity (Wildman–Crippen MR) is 187 cm³/mol. The third kappa shape index (κ3) is 6.19. The summed E-state index contributed by atoms with van der Waals surface area (Å²) in [6, 6.07) is 32.8. The lowest BCUT2D eigenvalue weighted by Gasteiger charge is -2.36. The molecule has 4 aromatic carbocycles. The Morgan fingerprint density at radius 1 is 0.875 bits per heavy atom. The van der Waals surface area contributed by atoms with E-state index < -0.39 is 5.60 Å². The topological polar surface area (TPSA) is 92.0 Å². The largest absolute Gasteiger partial charge is 0.454 e. The van der Waals surface area contributed by atoms with Crippen molar-refractivity contribution >= 4 is 51.1 Å². The normalized spacial score (nSPS) is 15.0. The Bertz CT molecular complexity index is 2060. The number of benzene rings is 4. The molecule has 0 radical (unpaired) electrons. The van der Waals surface area contributed by atoms with E-state index in [0.717, 1.165) is 34.8 Å². The van der Waals surface area contributed by atoms with Crippen LogP contribution >= 0.6 is 0 Å². The number of hydrogen-bond acceptors (Lipinski definition) is 7. The van der Waals surface area contributed by atoms with Gasteiger partial charge >= 0.3 is 6.09 Å². The number of para-hydroxylation sites is 3. The van der Waals surface area contributed by atoms with Crippen molar-refractivity contribution in [1.82, 2.24) is 14.9 Å². The maximum absolute atomic E-state index is 14.7. The number of carbonyl (C=O) groups excluding carboxylic acids is 2. The zero-order valence-corrected chi connectivity index (χ0v) is 27.2. The van der Waals surface area contributed by atoms with Crippen LogP contribution in [0.15, 0.2) is 120 Å². The molecule has 9 nitrogen and oxygen atoms in total. The fourth-order valence-corrected chi connectivity index (χ4v) is 6.30. The van der Waals surface area contributed by atoms with E-state index in [2.05, 4.69) is 9.97 Å². The molecule has 9 heteroatoms. The second kappa shape index (κ2) is 12.8. The molecule has 1 unspecified atom stereocenters. The van der Waals surface area contributed by atoms with Crippen molar-refractivity contribution < 1.29 is 18.7 Å². The quantitative estimate of drug-likeness (QED) is 0.168. The third-order valence-corrected chi connectivity index (χ3v) is 8.49. The molecule has 1 aliphatic rings. The van der Waals surface area contributed by atoms with Gasteiger partial charge in [-0.1, -0.05) is 60.7 Å². The van der Waals surface area contributed by atoms with E-state index in [-0.39, 0.29) is 17.9 Å². The molecule has 2 aromatic heterocycles. The second-order valence-electron chi connectivity index (χ2n) is 13.0. The Morgan fingerprint density at radius 3 is 2.38 bits per heavy atom. The molecule has 0 N–H and O–H groups in total. The summed E-state index contributed by atoms with van der Waals surface area (Å²) in [6.07, 6.45) is 4.66. The van der Waals surface area contributed by atoms with Gasteiger partial charge in [0.25, 0.3) is 5.91 Å². The minimum Gasteiger partial charge on any atom is -0.454 e. The molecule has 6 aromatic rings. The maximum Gasteiger partial charge on any atom is 0.410 e. The van der Waals surface area contributed by atoms with E-state index in [1.807, 2.05) is 118 Å². The van der Waals surface area contributed by atoms with Crippen LogP contribution in [0.5, 0.6) is 0 Å². The standard InChI is InChI=1S/C39H37N5O4/c1-39(2,3)48-38(46)42-24-10-11-29(25-42)27-18-20-28(21-19-27)37(45)43(30-12-5-4-6-13-30)44(35-22-23-40-26-41-35)33-16-9-15-32-31-14-7-8-17-34(31)47-36(32)33/h4-9,12-23,26,29H,10-11,24-25H2,1-3H3. The molecule has 1 atom stereocenters. The van der Waals surface area contributed by atoms with Gasteiger partial charge in [-0.05, 0) is 75.6 Å². The molecule has 1 fully saturated rings.